The van der Waals surface area contributed by atoms with Crippen LogP contribution in [0.2, 0.25) is 0 Å². The topological polar surface area (TPSA) is 74.2 Å². The number of methoxy groups -OCH3 is 2. The lowest BCUT2D eigenvalue weighted by Crippen LogP contribution is -2.62. The summed E-state index contributed by atoms with van der Waals surface area (Å²) in [7, 11) is 3.23. The number of ether oxygens (including phenoxy) is 4. The van der Waals surface area contributed by atoms with Gasteiger partial charge in [-0.2, -0.15) is 0 Å². The van der Waals surface area contributed by atoms with Crippen LogP contribution < -0.4 is 0 Å². The molecule has 0 aromatic heterocycles. The lowest BCUT2D eigenvalue weighted by atomic mass is 9.51. The van der Waals surface area contributed by atoms with Crippen LogP contribution in [0, 0.1) is 17.3 Å². The van der Waals surface area contributed by atoms with Crippen molar-refractivity contribution in [2.24, 2.45) is 17.3 Å². The van der Waals surface area contributed by atoms with Gasteiger partial charge in [0.15, 0.2) is 12.1 Å². The molecule has 2 fully saturated rings. The van der Waals surface area contributed by atoms with Gasteiger partial charge >= 0.3 is 5.97 Å². The third-order valence-electron chi connectivity index (χ3n) is 7.60. The molecular weight excluding hydrogens is 360 g/mol. The summed E-state index contributed by atoms with van der Waals surface area (Å²) in [4.78, 5) is 12.8. The van der Waals surface area contributed by atoms with E-state index >= 15 is 0 Å². The number of aliphatic hydroxyl groups excluding tert-OH is 1. The fourth-order valence-electron chi connectivity index (χ4n) is 5.42. The van der Waals surface area contributed by atoms with Crippen LogP contribution in [0.3, 0.4) is 0 Å². The average Bonchev–Trinajstić information content (AvgIpc) is 2.98. The van der Waals surface area contributed by atoms with Gasteiger partial charge in [0.05, 0.1) is 6.10 Å². The molecule has 1 aliphatic heterocycles. The minimum Gasteiger partial charge on any atom is -0.454 e. The predicted octanol–water partition coefficient (Wildman–Crippen LogP) is 3.34. The Bertz CT molecular complexity index is 697. The van der Waals surface area contributed by atoms with Gasteiger partial charge in [-0.1, -0.05) is 19.9 Å². The standard InChI is InChI=1S/C22H34O6/c1-8-12(2)19(24)27-18-17-13(3)20(25-6)28-22(17,26-7)11-15-9-10-16(23)14(4)21(15,18)5/h8,14-16,18,20,23H,9-11H2,1-7H3/b12-8-/t14-,15+,16-,18+,20-,21+,22-/m0/s1. The van der Waals surface area contributed by atoms with Crippen molar-refractivity contribution in [3.63, 3.8) is 0 Å². The molecule has 0 spiro atoms. The Morgan fingerprint density at radius 1 is 1.32 bits per heavy atom. The van der Waals surface area contributed by atoms with Crippen molar-refractivity contribution in [1.29, 1.82) is 0 Å². The summed E-state index contributed by atoms with van der Waals surface area (Å²) >= 11 is 0. The van der Waals surface area contributed by atoms with Crippen LogP contribution in [0.25, 0.3) is 0 Å². The van der Waals surface area contributed by atoms with E-state index in [1.165, 1.54) is 0 Å². The maximum atomic E-state index is 12.8. The molecule has 0 aromatic rings. The number of rotatable bonds is 4. The zero-order valence-electron chi connectivity index (χ0n) is 18.1. The molecule has 0 amide bonds. The van der Waals surface area contributed by atoms with Crippen molar-refractivity contribution < 1.29 is 28.8 Å². The molecule has 0 aromatic carbocycles. The van der Waals surface area contributed by atoms with Crippen molar-refractivity contribution >= 4 is 5.97 Å². The molecule has 1 N–H and O–H groups in total. The molecule has 3 aliphatic rings. The second-order valence-electron chi connectivity index (χ2n) is 8.70. The van der Waals surface area contributed by atoms with Crippen LogP contribution in [-0.2, 0) is 23.7 Å². The van der Waals surface area contributed by atoms with E-state index < -0.39 is 29.7 Å². The highest BCUT2D eigenvalue weighted by Gasteiger charge is 2.65. The maximum absolute atomic E-state index is 12.8. The van der Waals surface area contributed by atoms with E-state index in [4.69, 9.17) is 18.9 Å². The smallest absolute Gasteiger partial charge is 0.333 e. The monoisotopic (exact) mass is 394 g/mol. The van der Waals surface area contributed by atoms with Crippen molar-refractivity contribution in [3.05, 3.63) is 22.8 Å². The largest absolute Gasteiger partial charge is 0.454 e. The summed E-state index contributed by atoms with van der Waals surface area (Å²) in [6, 6.07) is 0. The molecule has 158 valence electrons. The van der Waals surface area contributed by atoms with Crippen LogP contribution in [0.15, 0.2) is 22.8 Å². The Morgan fingerprint density at radius 3 is 2.57 bits per heavy atom. The Labute approximate surface area is 167 Å². The van der Waals surface area contributed by atoms with Crippen LogP contribution >= 0.6 is 0 Å². The van der Waals surface area contributed by atoms with Crippen molar-refractivity contribution in [2.75, 3.05) is 14.2 Å². The van der Waals surface area contributed by atoms with E-state index in [9.17, 15) is 9.90 Å². The zero-order valence-corrected chi connectivity index (χ0v) is 18.1. The summed E-state index contributed by atoms with van der Waals surface area (Å²) in [6.07, 6.45) is 2.43. The average molecular weight is 395 g/mol. The van der Waals surface area contributed by atoms with E-state index in [0.29, 0.717) is 12.0 Å². The van der Waals surface area contributed by atoms with Gasteiger partial charge in [0.2, 0.25) is 0 Å². The van der Waals surface area contributed by atoms with Crippen LogP contribution in [-0.4, -0.2) is 49.6 Å². The lowest BCUT2D eigenvalue weighted by Gasteiger charge is -2.58. The number of esters is 1. The molecule has 28 heavy (non-hydrogen) atoms. The minimum absolute atomic E-state index is 0.0355. The molecule has 1 heterocycles. The van der Waals surface area contributed by atoms with Crippen LogP contribution in [0.4, 0.5) is 0 Å². The van der Waals surface area contributed by atoms with Gasteiger partial charge in [-0.15, -0.1) is 0 Å². The molecule has 2 saturated carbocycles. The fraction of sp³-hybridized carbons (Fsp3) is 0.773. The number of carbonyl (C=O) groups is 1. The van der Waals surface area contributed by atoms with Gasteiger partial charge < -0.3 is 24.1 Å². The van der Waals surface area contributed by atoms with Gasteiger partial charge in [0.25, 0.3) is 0 Å². The van der Waals surface area contributed by atoms with E-state index in [0.717, 1.165) is 24.0 Å². The molecule has 2 aliphatic carbocycles. The summed E-state index contributed by atoms with van der Waals surface area (Å²) in [5.74, 6) is -1.17. The number of allylic oxidation sites excluding steroid dienone is 1. The predicted molar refractivity (Wildman–Crippen MR) is 104 cm³/mol. The second-order valence-corrected chi connectivity index (χ2v) is 8.70. The van der Waals surface area contributed by atoms with E-state index in [-0.39, 0.29) is 17.8 Å². The highest BCUT2D eigenvalue weighted by molar-refractivity contribution is 5.88. The summed E-state index contributed by atoms with van der Waals surface area (Å²) in [5, 5.41) is 10.7. The molecule has 3 rings (SSSR count). The highest BCUT2D eigenvalue weighted by atomic mass is 16.8. The Hall–Kier alpha value is -1.21. The first-order chi connectivity index (χ1) is 13.2. The first-order valence-electron chi connectivity index (χ1n) is 10.1. The van der Waals surface area contributed by atoms with E-state index in [2.05, 4.69) is 13.8 Å². The Kier molecular flexibility index (Phi) is 5.80. The molecule has 7 atom stereocenters. The van der Waals surface area contributed by atoms with E-state index in [1.54, 1.807) is 27.2 Å². The van der Waals surface area contributed by atoms with Crippen molar-refractivity contribution in [3.8, 4) is 0 Å². The van der Waals surface area contributed by atoms with Gasteiger partial charge in [0, 0.05) is 37.2 Å². The Morgan fingerprint density at radius 2 is 2.00 bits per heavy atom. The Balaban J connectivity index is 2.16. The third-order valence-corrected chi connectivity index (χ3v) is 7.60. The van der Waals surface area contributed by atoms with Crippen LogP contribution in [0.5, 0.6) is 0 Å². The molecule has 0 bridgehead atoms. The summed E-state index contributed by atoms with van der Waals surface area (Å²) < 4.78 is 23.8. The molecular formula is C22H34O6. The molecule has 6 nitrogen and oxygen atoms in total. The fourth-order valence-corrected chi connectivity index (χ4v) is 5.42. The van der Waals surface area contributed by atoms with Crippen LogP contribution in [0.1, 0.15) is 53.9 Å². The van der Waals surface area contributed by atoms with Crippen molar-refractivity contribution in [1.82, 2.24) is 0 Å². The number of hydrogen-bond donors (Lipinski definition) is 1. The van der Waals surface area contributed by atoms with Gasteiger partial charge in [0.1, 0.15) is 6.10 Å². The number of fused-ring (bicyclic) bond motifs is 2. The molecule has 0 saturated heterocycles. The maximum Gasteiger partial charge on any atom is 0.333 e. The summed E-state index contributed by atoms with van der Waals surface area (Å²) in [6.45, 7) is 9.70. The SMILES string of the molecule is C/C=C(/C)C(=O)O[C@@H]1C2=C(C)[C@@H](OC)O[C@@]2(OC)C[C@H]2CC[C@H](O)[C@H](C)[C@]21C. The minimum atomic E-state index is -0.967. The number of hydrogen-bond acceptors (Lipinski definition) is 6. The number of carbonyl (C=O) groups excluding carboxylic acids is 1. The zero-order chi connectivity index (χ0) is 20.9. The van der Waals surface area contributed by atoms with Crippen molar-refractivity contribution in [2.45, 2.75) is 78.2 Å². The quantitative estimate of drug-likeness (QED) is 0.448. The molecule has 0 radical (unpaired) electrons. The molecule has 6 heteroatoms. The lowest BCUT2D eigenvalue weighted by molar-refractivity contribution is -0.285. The van der Waals surface area contributed by atoms with Gasteiger partial charge in [-0.05, 0) is 51.0 Å². The van der Waals surface area contributed by atoms with Gasteiger partial charge in [-0.25, -0.2) is 4.79 Å². The first-order valence-corrected chi connectivity index (χ1v) is 10.1. The third kappa shape index (κ3) is 2.96. The summed E-state index contributed by atoms with van der Waals surface area (Å²) in [5.41, 5.74) is 1.84. The normalized spacial score (nSPS) is 43.6. The molecule has 0 unspecified atom stereocenters. The van der Waals surface area contributed by atoms with Gasteiger partial charge in [-0.3, -0.25) is 0 Å². The highest BCUT2D eigenvalue weighted by Crippen LogP contribution is 2.61. The second kappa shape index (κ2) is 7.56. The first kappa shape index (κ1) is 21.5. The number of aliphatic hydroxyl groups is 1. The van der Waals surface area contributed by atoms with E-state index in [1.807, 2.05) is 13.8 Å².